The van der Waals surface area contributed by atoms with E-state index in [9.17, 15) is 9.59 Å². The Morgan fingerprint density at radius 1 is 1.42 bits per heavy atom. The zero-order chi connectivity index (χ0) is 14.4. The number of pyridine rings is 1. The molecule has 0 bridgehead atoms. The standard InChI is InChI=1S/C13H18N2O4/c1-8(2)9(3)15-11(16)7-19-10-5-4-6-14-12(10)13(17)18/h4-6,8-9H,7H2,1-3H3,(H,15,16)(H,17,18). The normalized spacial score (nSPS) is 12.0. The number of carbonyl (C=O) groups excluding carboxylic acids is 1. The Morgan fingerprint density at radius 3 is 2.68 bits per heavy atom. The van der Waals surface area contributed by atoms with E-state index in [1.807, 2.05) is 20.8 Å². The van der Waals surface area contributed by atoms with Crippen LogP contribution in [0.2, 0.25) is 0 Å². The minimum Gasteiger partial charge on any atom is -0.481 e. The summed E-state index contributed by atoms with van der Waals surface area (Å²) in [5.41, 5.74) is -0.202. The largest absolute Gasteiger partial charge is 0.481 e. The van der Waals surface area contributed by atoms with Gasteiger partial charge < -0.3 is 15.2 Å². The first kappa shape index (κ1) is 14.9. The van der Waals surface area contributed by atoms with E-state index in [4.69, 9.17) is 9.84 Å². The third-order valence-electron chi connectivity index (χ3n) is 2.72. The molecule has 0 aromatic carbocycles. The Bertz CT molecular complexity index is 460. The number of hydrogen-bond donors (Lipinski definition) is 2. The van der Waals surface area contributed by atoms with Crippen molar-refractivity contribution in [3.8, 4) is 5.75 Å². The van der Waals surface area contributed by atoms with E-state index in [-0.39, 0.29) is 30.0 Å². The van der Waals surface area contributed by atoms with Crippen LogP contribution in [0.25, 0.3) is 0 Å². The average molecular weight is 266 g/mol. The topological polar surface area (TPSA) is 88.5 Å². The molecule has 0 saturated carbocycles. The maximum absolute atomic E-state index is 11.6. The Morgan fingerprint density at radius 2 is 2.11 bits per heavy atom. The highest BCUT2D eigenvalue weighted by Crippen LogP contribution is 2.14. The summed E-state index contributed by atoms with van der Waals surface area (Å²) in [6.07, 6.45) is 1.36. The second-order valence-electron chi connectivity index (χ2n) is 4.54. The van der Waals surface area contributed by atoms with Gasteiger partial charge in [-0.25, -0.2) is 9.78 Å². The molecule has 0 saturated heterocycles. The molecular weight excluding hydrogens is 248 g/mol. The summed E-state index contributed by atoms with van der Waals surface area (Å²) in [5.74, 6) is -1.08. The van der Waals surface area contributed by atoms with E-state index in [0.717, 1.165) is 0 Å². The number of ether oxygens (including phenoxy) is 1. The summed E-state index contributed by atoms with van der Waals surface area (Å²) >= 11 is 0. The molecular formula is C13H18N2O4. The van der Waals surface area contributed by atoms with Crippen LogP contribution in [0.5, 0.6) is 5.75 Å². The summed E-state index contributed by atoms with van der Waals surface area (Å²) in [6, 6.07) is 3.05. The van der Waals surface area contributed by atoms with Crippen molar-refractivity contribution in [2.75, 3.05) is 6.61 Å². The third kappa shape index (κ3) is 4.57. The summed E-state index contributed by atoms with van der Waals surface area (Å²) in [5, 5.41) is 11.7. The van der Waals surface area contributed by atoms with Crippen LogP contribution in [0.3, 0.4) is 0 Å². The molecule has 0 aliphatic carbocycles. The van der Waals surface area contributed by atoms with Crippen molar-refractivity contribution in [1.29, 1.82) is 0 Å². The van der Waals surface area contributed by atoms with Gasteiger partial charge in [0.1, 0.15) is 0 Å². The van der Waals surface area contributed by atoms with Crippen LogP contribution in [0.4, 0.5) is 0 Å². The molecule has 104 valence electrons. The van der Waals surface area contributed by atoms with Gasteiger partial charge in [0.2, 0.25) is 0 Å². The average Bonchev–Trinajstić information content (AvgIpc) is 2.36. The van der Waals surface area contributed by atoms with Gasteiger partial charge >= 0.3 is 5.97 Å². The SMILES string of the molecule is CC(C)C(C)NC(=O)COc1cccnc1C(=O)O. The van der Waals surface area contributed by atoms with E-state index in [0.29, 0.717) is 5.92 Å². The van der Waals surface area contributed by atoms with Crippen molar-refractivity contribution < 1.29 is 19.4 Å². The number of aromatic nitrogens is 1. The van der Waals surface area contributed by atoms with Gasteiger partial charge in [-0.05, 0) is 25.0 Å². The molecule has 1 aromatic rings. The number of carbonyl (C=O) groups is 2. The summed E-state index contributed by atoms with van der Waals surface area (Å²) in [7, 11) is 0. The molecule has 1 rings (SSSR count). The zero-order valence-corrected chi connectivity index (χ0v) is 11.2. The van der Waals surface area contributed by atoms with E-state index in [2.05, 4.69) is 10.3 Å². The molecule has 1 aromatic heterocycles. The van der Waals surface area contributed by atoms with Crippen molar-refractivity contribution in [3.05, 3.63) is 24.0 Å². The van der Waals surface area contributed by atoms with Gasteiger partial charge in [-0.2, -0.15) is 0 Å². The molecule has 19 heavy (non-hydrogen) atoms. The number of amides is 1. The van der Waals surface area contributed by atoms with Crippen molar-refractivity contribution >= 4 is 11.9 Å². The lowest BCUT2D eigenvalue weighted by Crippen LogP contribution is -2.39. The molecule has 6 nitrogen and oxygen atoms in total. The van der Waals surface area contributed by atoms with Crippen LogP contribution in [-0.2, 0) is 4.79 Å². The second-order valence-corrected chi connectivity index (χ2v) is 4.54. The van der Waals surface area contributed by atoms with Gasteiger partial charge in [0.25, 0.3) is 5.91 Å². The lowest BCUT2D eigenvalue weighted by molar-refractivity contribution is -0.124. The predicted molar refractivity (Wildman–Crippen MR) is 69.1 cm³/mol. The number of nitrogens with zero attached hydrogens (tertiary/aromatic N) is 1. The lowest BCUT2D eigenvalue weighted by atomic mass is 10.1. The zero-order valence-electron chi connectivity index (χ0n) is 11.2. The molecule has 1 unspecified atom stereocenters. The van der Waals surface area contributed by atoms with E-state index in [1.54, 1.807) is 6.07 Å². The van der Waals surface area contributed by atoms with Crippen molar-refractivity contribution in [3.63, 3.8) is 0 Å². The molecule has 1 amide bonds. The van der Waals surface area contributed by atoms with Crippen LogP contribution < -0.4 is 10.1 Å². The molecule has 0 radical (unpaired) electrons. The Hall–Kier alpha value is -2.11. The maximum atomic E-state index is 11.6. The number of rotatable bonds is 6. The van der Waals surface area contributed by atoms with Crippen LogP contribution in [-0.4, -0.2) is 34.6 Å². The van der Waals surface area contributed by atoms with Crippen molar-refractivity contribution in [2.45, 2.75) is 26.8 Å². The van der Waals surface area contributed by atoms with Gasteiger partial charge in [-0.3, -0.25) is 4.79 Å². The van der Waals surface area contributed by atoms with Gasteiger partial charge in [-0.15, -0.1) is 0 Å². The number of aromatic carboxylic acids is 1. The van der Waals surface area contributed by atoms with Crippen LogP contribution in [0, 0.1) is 5.92 Å². The molecule has 0 fully saturated rings. The van der Waals surface area contributed by atoms with E-state index in [1.165, 1.54) is 12.3 Å². The third-order valence-corrected chi connectivity index (χ3v) is 2.72. The molecule has 6 heteroatoms. The smallest absolute Gasteiger partial charge is 0.358 e. The van der Waals surface area contributed by atoms with Crippen molar-refractivity contribution in [1.82, 2.24) is 10.3 Å². The molecule has 1 atom stereocenters. The first-order chi connectivity index (χ1) is 8.91. The van der Waals surface area contributed by atoms with Crippen LogP contribution in [0.1, 0.15) is 31.3 Å². The first-order valence-electron chi connectivity index (χ1n) is 6.02. The van der Waals surface area contributed by atoms with Gasteiger partial charge in [0.05, 0.1) is 0 Å². The molecule has 2 N–H and O–H groups in total. The molecule has 0 spiro atoms. The Labute approximate surface area is 111 Å². The first-order valence-corrected chi connectivity index (χ1v) is 6.02. The number of carboxylic acid groups (broad SMARTS) is 1. The monoisotopic (exact) mass is 266 g/mol. The van der Waals surface area contributed by atoms with E-state index < -0.39 is 5.97 Å². The van der Waals surface area contributed by atoms with E-state index >= 15 is 0 Å². The number of nitrogens with one attached hydrogen (secondary N) is 1. The minimum absolute atomic E-state index is 0.0314. The fraction of sp³-hybridized carbons (Fsp3) is 0.462. The van der Waals surface area contributed by atoms with Crippen molar-refractivity contribution in [2.24, 2.45) is 5.92 Å². The highest BCUT2D eigenvalue weighted by atomic mass is 16.5. The molecule has 0 aliphatic heterocycles. The summed E-state index contributed by atoms with van der Waals surface area (Å²) in [4.78, 5) is 26.2. The lowest BCUT2D eigenvalue weighted by Gasteiger charge is -2.17. The quantitative estimate of drug-likeness (QED) is 0.810. The van der Waals surface area contributed by atoms with Gasteiger partial charge in [-0.1, -0.05) is 13.8 Å². The Kier molecular flexibility index (Phi) is 5.29. The minimum atomic E-state index is -1.19. The summed E-state index contributed by atoms with van der Waals surface area (Å²) in [6.45, 7) is 5.66. The van der Waals surface area contributed by atoms with Crippen LogP contribution >= 0.6 is 0 Å². The van der Waals surface area contributed by atoms with Crippen LogP contribution in [0.15, 0.2) is 18.3 Å². The summed E-state index contributed by atoms with van der Waals surface area (Å²) < 4.78 is 5.19. The second kappa shape index (κ2) is 6.72. The number of hydrogen-bond acceptors (Lipinski definition) is 4. The fourth-order valence-electron chi connectivity index (χ4n) is 1.27. The van der Waals surface area contributed by atoms with Gasteiger partial charge in [0.15, 0.2) is 18.1 Å². The predicted octanol–water partition coefficient (Wildman–Crippen LogP) is 1.32. The maximum Gasteiger partial charge on any atom is 0.358 e. The number of carboxylic acids is 1. The Balaban J connectivity index is 2.58. The fourth-order valence-corrected chi connectivity index (χ4v) is 1.27. The highest BCUT2D eigenvalue weighted by molar-refractivity contribution is 5.88. The highest BCUT2D eigenvalue weighted by Gasteiger charge is 2.15. The molecule has 1 heterocycles. The molecule has 0 aliphatic rings. The van der Waals surface area contributed by atoms with Gasteiger partial charge in [0, 0.05) is 12.2 Å².